The summed E-state index contributed by atoms with van der Waals surface area (Å²) in [6, 6.07) is 17.5. The maximum Gasteiger partial charge on any atom is 0.225 e. The molecule has 3 heterocycles. The number of para-hydroxylation sites is 1. The molecular formula is C26H30BrN5S2. The van der Waals surface area contributed by atoms with Crippen molar-refractivity contribution < 1.29 is 0 Å². The van der Waals surface area contributed by atoms with Gasteiger partial charge in [-0.3, -0.25) is 0 Å². The number of fused-ring (bicyclic) bond motifs is 1. The van der Waals surface area contributed by atoms with Crippen molar-refractivity contribution in [3.05, 3.63) is 57.2 Å². The number of anilines is 2. The van der Waals surface area contributed by atoms with Crippen LogP contribution >= 0.6 is 38.6 Å². The Kier molecular flexibility index (Phi) is 7.49. The summed E-state index contributed by atoms with van der Waals surface area (Å²) in [5, 5.41) is 8.41. The monoisotopic (exact) mass is 555 g/mol. The number of nitrogens with zero attached hydrogens (tertiary/aromatic N) is 3. The first-order valence-corrected chi connectivity index (χ1v) is 14.2. The van der Waals surface area contributed by atoms with Gasteiger partial charge >= 0.3 is 0 Å². The molecule has 5 rings (SSSR count). The highest BCUT2D eigenvalue weighted by Crippen LogP contribution is 2.35. The summed E-state index contributed by atoms with van der Waals surface area (Å²) in [6.45, 7) is 2.04. The van der Waals surface area contributed by atoms with Crippen LogP contribution in [0.1, 0.15) is 30.6 Å². The van der Waals surface area contributed by atoms with Crippen LogP contribution in [-0.2, 0) is 6.54 Å². The van der Waals surface area contributed by atoms with Gasteiger partial charge in [-0.25, -0.2) is 4.98 Å². The number of rotatable bonds is 8. The van der Waals surface area contributed by atoms with Gasteiger partial charge in [0.05, 0.1) is 9.30 Å². The highest BCUT2D eigenvalue weighted by Gasteiger charge is 2.22. The molecule has 34 heavy (non-hydrogen) atoms. The molecule has 0 atom stereocenters. The molecule has 0 bridgehead atoms. The lowest BCUT2D eigenvalue weighted by molar-refractivity contribution is 0.324. The van der Waals surface area contributed by atoms with Gasteiger partial charge < -0.3 is 15.5 Å². The quantitative estimate of drug-likeness (QED) is 0.245. The number of hydrogen-bond donors (Lipinski definition) is 2. The van der Waals surface area contributed by atoms with Gasteiger partial charge in [-0.05, 0) is 90.5 Å². The summed E-state index contributed by atoms with van der Waals surface area (Å²) >= 11 is 7.24. The summed E-state index contributed by atoms with van der Waals surface area (Å²) < 4.78 is 1.19. The standard InChI is InChI=1S/C26H30BrN5S2/c1-32(2)25-20-5-3-4-6-21(20)30-26(31-25)29-18-9-7-17(8-10-18)15-28-16-19-11-12-22(33-19)23-13-14-24(27)34-23/h3-6,11-14,17-18,28H,7-10,15-16H2,1-2H3,(H,29,30,31). The third-order valence-corrected chi connectivity index (χ3v) is 9.30. The van der Waals surface area contributed by atoms with Crippen LogP contribution in [0.25, 0.3) is 20.7 Å². The van der Waals surface area contributed by atoms with Crippen molar-refractivity contribution in [2.45, 2.75) is 38.3 Å². The Bertz CT molecular complexity index is 1240. The van der Waals surface area contributed by atoms with E-state index in [4.69, 9.17) is 9.97 Å². The van der Waals surface area contributed by atoms with Crippen molar-refractivity contribution in [1.29, 1.82) is 0 Å². The van der Waals surface area contributed by atoms with E-state index in [9.17, 15) is 0 Å². The van der Waals surface area contributed by atoms with Crippen LogP contribution in [0.3, 0.4) is 0 Å². The molecule has 4 aromatic rings. The molecule has 2 N–H and O–H groups in total. The molecule has 0 spiro atoms. The normalized spacial score (nSPS) is 18.3. The van der Waals surface area contributed by atoms with Gasteiger partial charge in [0.2, 0.25) is 5.95 Å². The Morgan fingerprint density at radius 3 is 2.47 bits per heavy atom. The van der Waals surface area contributed by atoms with Crippen LogP contribution in [0.2, 0.25) is 0 Å². The Morgan fingerprint density at radius 1 is 0.941 bits per heavy atom. The van der Waals surface area contributed by atoms with Crippen molar-refractivity contribution >= 4 is 61.3 Å². The molecule has 1 saturated carbocycles. The SMILES string of the molecule is CN(C)c1nc(NC2CCC(CNCc3ccc(-c4ccc(Br)s4)s3)CC2)nc2ccccc12. The zero-order valence-electron chi connectivity index (χ0n) is 19.6. The molecule has 0 aliphatic heterocycles. The average molecular weight is 557 g/mol. The third kappa shape index (κ3) is 5.62. The molecule has 5 nitrogen and oxygen atoms in total. The Balaban J connectivity index is 1.10. The van der Waals surface area contributed by atoms with E-state index in [0.717, 1.165) is 54.5 Å². The van der Waals surface area contributed by atoms with Crippen molar-refractivity contribution in [2.24, 2.45) is 5.92 Å². The fourth-order valence-corrected chi connectivity index (χ4v) is 7.06. The Morgan fingerprint density at radius 2 is 1.71 bits per heavy atom. The van der Waals surface area contributed by atoms with Gasteiger partial charge in [0, 0.05) is 46.7 Å². The largest absolute Gasteiger partial charge is 0.362 e. The number of nitrogens with one attached hydrogen (secondary N) is 2. The van der Waals surface area contributed by atoms with Crippen molar-refractivity contribution in [3.8, 4) is 9.75 Å². The van der Waals surface area contributed by atoms with E-state index in [1.54, 1.807) is 11.3 Å². The predicted molar refractivity (Wildman–Crippen MR) is 150 cm³/mol. The van der Waals surface area contributed by atoms with E-state index < -0.39 is 0 Å². The van der Waals surface area contributed by atoms with E-state index in [2.05, 4.69) is 67.9 Å². The molecule has 178 valence electrons. The molecule has 3 aromatic heterocycles. The van der Waals surface area contributed by atoms with E-state index in [-0.39, 0.29) is 0 Å². The summed E-state index contributed by atoms with van der Waals surface area (Å²) in [4.78, 5) is 15.7. The summed E-state index contributed by atoms with van der Waals surface area (Å²) in [5.41, 5.74) is 0.991. The van der Waals surface area contributed by atoms with Crippen molar-refractivity contribution in [3.63, 3.8) is 0 Å². The molecule has 1 aromatic carbocycles. The highest BCUT2D eigenvalue weighted by atomic mass is 79.9. The molecular weight excluding hydrogens is 526 g/mol. The lowest BCUT2D eigenvalue weighted by atomic mass is 9.86. The van der Waals surface area contributed by atoms with E-state index in [0.29, 0.717) is 6.04 Å². The number of halogens is 1. The average Bonchev–Trinajstić information content (AvgIpc) is 3.48. The maximum atomic E-state index is 4.81. The molecule has 1 fully saturated rings. The van der Waals surface area contributed by atoms with Gasteiger partial charge in [-0.15, -0.1) is 22.7 Å². The number of benzene rings is 1. The minimum Gasteiger partial charge on any atom is -0.362 e. The van der Waals surface area contributed by atoms with Crippen LogP contribution < -0.4 is 15.5 Å². The molecule has 1 aliphatic carbocycles. The molecule has 8 heteroatoms. The van der Waals surface area contributed by atoms with Crippen LogP contribution in [0.5, 0.6) is 0 Å². The van der Waals surface area contributed by atoms with Crippen LogP contribution in [0, 0.1) is 5.92 Å². The first-order valence-electron chi connectivity index (χ1n) is 11.8. The van der Waals surface area contributed by atoms with Crippen LogP contribution in [-0.4, -0.2) is 36.6 Å². The summed E-state index contributed by atoms with van der Waals surface area (Å²) in [7, 11) is 4.07. The topological polar surface area (TPSA) is 53.1 Å². The smallest absolute Gasteiger partial charge is 0.225 e. The van der Waals surface area contributed by atoms with Crippen LogP contribution in [0.15, 0.2) is 52.3 Å². The Hall–Kier alpha value is -2.00. The fraction of sp³-hybridized carbons (Fsp3) is 0.385. The van der Waals surface area contributed by atoms with Gasteiger partial charge in [0.15, 0.2) is 0 Å². The fourth-order valence-electron chi connectivity index (χ4n) is 4.61. The maximum absolute atomic E-state index is 4.81. The number of hydrogen-bond acceptors (Lipinski definition) is 7. The number of thiophene rings is 2. The Labute approximate surface area is 217 Å². The van der Waals surface area contributed by atoms with E-state index in [1.165, 1.54) is 31.3 Å². The lowest BCUT2D eigenvalue weighted by Gasteiger charge is -2.29. The lowest BCUT2D eigenvalue weighted by Crippen LogP contribution is -2.31. The highest BCUT2D eigenvalue weighted by molar-refractivity contribution is 9.11. The first kappa shape index (κ1) is 23.7. The number of aromatic nitrogens is 2. The molecule has 0 unspecified atom stereocenters. The zero-order valence-corrected chi connectivity index (χ0v) is 22.8. The van der Waals surface area contributed by atoms with Crippen LogP contribution in [0.4, 0.5) is 11.8 Å². The second-order valence-corrected chi connectivity index (χ2v) is 12.8. The second kappa shape index (κ2) is 10.7. The van der Waals surface area contributed by atoms with Gasteiger partial charge in [0.25, 0.3) is 0 Å². The van der Waals surface area contributed by atoms with E-state index in [1.807, 2.05) is 37.6 Å². The first-order chi connectivity index (χ1) is 16.5. The second-order valence-electron chi connectivity index (χ2n) is 9.15. The minimum absolute atomic E-state index is 0.442. The molecule has 0 saturated heterocycles. The van der Waals surface area contributed by atoms with Gasteiger partial charge in [-0.2, -0.15) is 4.98 Å². The van der Waals surface area contributed by atoms with Crippen molar-refractivity contribution in [1.82, 2.24) is 15.3 Å². The molecule has 1 aliphatic rings. The minimum atomic E-state index is 0.442. The summed E-state index contributed by atoms with van der Waals surface area (Å²) in [6.07, 6.45) is 4.79. The predicted octanol–water partition coefficient (Wildman–Crippen LogP) is 7.01. The molecule has 0 amide bonds. The van der Waals surface area contributed by atoms with Gasteiger partial charge in [-0.1, -0.05) is 12.1 Å². The molecule has 0 radical (unpaired) electrons. The third-order valence-electron chi connectivity index (χ3n) is 6.40. The summed E-state index contributed by atoms with van der Waals surface area (Å²) in [5.74, 6) is 2.45. The van der Waals surface area contributed by atoms with E-state index >= 15 is 0 Å². The zero-order chi connectivity index (χ0) is 23.5. The van der Waals surface area contributed by atoms with Crippen molar-refractivity contribution in [2.75, 3.05) is 30.9 Å². The van der Waals surface area contributed by atoms with Gasteiger partial charge in [0.1, 0.15) is 5.82 Å².